The molecule has 1 heterocycles. The van der Waals surface area contributed by atoms with Crippen LogP contribution in [0.3, 0.4) is 0 Å². The lowest BCUT2D eigenvalue weighted by Crippen LogP contribution is -2.48. The summed E-state index contributed by atoms with van der Waals surface area (Å²) >= 11 is 0. The van der Waals surface area contributed by atoms with Crippen LogP contribution in [-0.4, -0.2) is 54.2 Å². The van der Waals surface area contributed by atoms with E-state index in [1.807, 2.05) is 0 Å². The van der Waals surface area contributed by atoms with Crippen molar-refractivity contribution >= 4 is 0 Å². The molecular formula is C15H29NO3. The molecule has 112 valence electrons. The second-order valence-corrected chi connectivity index (χ2v) is 6.19. The van der Waals surface area contributed by atoms with Gasteiger partial charge in [0.05, 0.1) is 18.8 Å². The van der Waals surface area contributed by atoms with Crippen molar-refractivity contribution < 1.29 is 14.6 Å². The molecule has 0 amide bonds. The Kier molecular flexibility index (Phi) is 4.88. The van der Waals surface area contributed by atoms with Gasteiger partial charge in [-0.05, 0) is 32.7 Å². The van der Waals surface area contributed by atoms with E-state index < -0.39 is 5.60 Å². The summed E-state index contributed by atoms with van der Waals surface area (Å²) in [7, 11) is 2.13. The van der Waals surface area contributed by atoms with E-state index in [0.717, 1.165) is 58.3 Å². The normalized spacial score (nSPS) is 24.5. The average Bonchev–Trinajstić information content (AvgIpc) is 2.87. The molecule has 4 heteroatoms. The number of likely N-dealkylation sites (N-methyl/N-ethyl adjacent to an activating group) is 1. The van der Waals surface area contributed by atoms with Crippen LogP contribution >= 0.6 is 0 Å². The minimum Gasteiger partial charge on any atom is -0.389 e. The van der Waals surface area contributed by atoms with Crippen LogP contribution in [0.25, 0.3) is 0 Å². The fourth-order valence-corrected chi connectivity index (χ4v) is 3.34. The molecule has 19 heavy (non-hydrogen) atoms. The molecule has 0 radical (unpaired) electrons. The van der Waals surface area contributed by atoms with Crippen LogP contribution in [0.15, 0.2) is 0 Å². The van der Waals surface area contributed by atoms with E-state index in [1.54, 1.807) is 0 Å². The molecule has 1 saturated carbocycles. The summed E-state index contributed by atoms with van der Waals surface area (Å²) in [4.78, 5) is 2.33. The van der Waals surface area contributed by atoms with E-state index in [1.165, 1.54) is 0 Å². The van der Waals surface area contributed by atoms with E-state index >= 15 is 0 Å². The predicted molar refractivity (Wildman–Crippen MR) is 75.1 cm³/mol. The van der Waals surface area contributed by atoms with Gasteiger partial charge in [0.1, 0.15) is 0 Å². The van der Waals surface area contributed by atoms with E-state index in [9.17, 15) is 5.11 Å². The zero-order valence-corrected chi connectivity index (χ0v) is 12.7. The highest BCUT2D eigenvalue weighted by Crippen LogP contribution is 2.37. The van der Waals surface area contributed by atoms with Crippen molar-refractivity contribution in [2.45, 2.75) is 69.8 Å². The van der Waals surface area contributed by atoms with Crippen molar-refractivity contribution in [3.05, 3.63) is 0 Å². The molecule has 1 saturated heterocycles. The highest BCUT2D eigenvalue weighted by molar-refractivity contribution is 4.88. The lowest BCUT2D eigenvalue weighted by molar-refractivity contribution is -0.184. The quantitative estimate of drug-likeness (QED) is 0.832. The Hall–Kier alpha value is -0.160. The minimum absolute atomic E-state index is 0.275. The van der Waals surface area contributed by atoms with Crippen LogP contribution in [-0.2, 0) is 9.47 Å². The van der Waals surface area contributed by atoms with Crippen LogP contribution in [0.5, 0.6) is 0 Å². The Balaban J connectivity index is 1.83. The summed E-state index contributed by atoms with van der Waals surface area (Å²) in [5.41, 5.74) is -0.537. The summed E-state index contributed by atoms with van der Waals surface area (Å²) in [6, 6.07) is 0.544. The molecule has 2 fully saturated rings. The van der Waals surface area contributed by atoms with Crippen molar-refractivity contribution in [2.75, 3.05) is 26.8 Å². The number of nitrogens with zero attached hydrogens (tertiary/aromatic N) is 1. The van der Waals surface area contributed by atoms with Gasteiger partial charge < -0.3 is 19.5 Å². The van der Waals surface area contributed by atoms with Crippen molar-refractivity contribution in [3.8, 4) is 0 Å². The van der Waals surface area contributed by atoms with Gasteiger partial charge in [-0.15, -0.1) is 0 Å². The number of ether oxygens (including phenoxy) is 2. The Bertz CT molecular complexity index is 275. The average molecular weight is 271 g/mol. The number of hydrogen-bond acceptors (Lipinski definition) is 4. The summed E-state index contributed by atoms with van der Waals surface area (Å²) in [5, 5.41) is 10.4. The molecule has 0 aromatic carbocycles. The maximum atomic E-state index is 10.4. The highest BCUT2D eigenvalue weighted by atomic mass is 16.7. The Morgan fingerprint density at radius 1 is 1.16 bits per heavy atom. The molecule has 0 atom stereocenters. The van der Waals surface area contributed by atoms with Crippen molar-refractivity contribution in [1.82, 2.24) is 4.90 Å². The molecule has 2 aliphatic rings. The fraction of sp³-hybridized carbons (Fsp3) is 1.00. The van der Waals surface area contributed by atoms with E-state index in [2.05, 4.69) is 25.8 Å². The fourth-order valence-electron chi connectivity index (χ4n) is 3.34. The number of aliphatic hydroxyl groups is 1. The second-order valence-electron chi connectivity index (χ2n) is 6.19. The van der Waals surface area contributed by atoms with Crippen LogP contribution in [0.2, 0.25) is 0 Å². The first-order chi connectivity index (χ1) is 9.02. The Morgan fingerprint density at radius 2 is 1.68 bits per heavy atom. The van der Waals surface area contributed by atoms with Crippen molar-refractivity contribution in [3.63, 3.8) is 0 Å². The molecule has 1 spiro atoms. The molecule has 1 N–H and O–H groups in total. The zero-order valence-electron chi connectivity index (χ0n) is 12.7. The third-order valence-electron chi connectivity index (χ3n) is 5.01. The Labute approximate surface area is 117 Å². The highest BCUT2D eigenvalue weighted by Gasteiger charge is 2.41. The summed E-state index contributed by atoms with van der Waals surface area (Å²) < 4.78 is 11.5. The maximum Gasteiger partial charge on any atom is 0.168 e. The SMILES string of the molecule is CCC(O)(CC)CN(C)C1CCC2(CC1)OCCO2. The van der Waals surface area contributed by atoms with Crippen LogP contribution in [0.1, 0.15) is 52.4 Å². The van der Waals surface area contributed by atoms with E-state index in [4.69, 9.17) is 9.47 Å². The third kappa shape index (κ3) is 3.48. The van der Waals surface area contributed by atoms with Crippen LogP contribution in [0, 0.1) is 0 Å². The molecule has 1 aliphatic heterocycles. The summed E-state index contributed by atoms with van der Waals surface area (Å²) in [6.07, 6.45) is 5.80. The van der Waals surface area contributed by atoms with Crippen molar-refractivity contribution in [2.24, 2.45) is 0 Å². The van der Waals surface area contributed by atoms with E-state index in [0.29, 0.717) is 6.04 Å². The first-order valence-corrected chi connectivity index (χ1v) is 7.73. The summed E-state index contributed by atoms with van der Waals surface area (Å²) in [5.74, 6) is -0.275. The van der Waals surface area contributed by atoms with Crippen molar-refractivity contribution in [1.29, 1.82) is 0 Å². The molecule has 0 aromatic heterocycles. The van der Waals surface area contributed by atoms with Gasteiger partial charge in [-0.25, -0.2) is 0 Å². The molecular weight excluding hydrogens is 242 g/mol. The Morgan fingerprint density at radius 3 is 2.16 bits per heavy atom. The molecule has 1 aliphatic carbocycles. The minimum atomic E-state index is -0.537. The first-order valence-electron chi connectivity index (χ1n) is 7.73. The second kappa shape index (κ2) is 6.08. The molecule has 0 unspecified atom stereocenters. The molecule has 0 aromatic rings. The zero-order chi connectivity index (χ0) is 13.9. The van der Waals surface area contributed by atoms with E-state index in [-0.39, 0.29) is 5.79 Å². The lowest BCUT2D eigenvalue weighted by Gasteiger charge is -2.41. The van der Waals surface area contributed by atoms with Gasteiger partial charge in [0, 0.05) is 25.4 Å². The molecule has 4 nitrogen and oxygen atoms in total. The number of hydrogen-bond donors (Lipinski definition) is 1. The predicted octanol–water partition coefficient (Wildman–Crippen LogP) is 2.16. The maximum absolute atomic E-state index is 10.4. The molecule has 0 bridgehead atoms. The topological polar surface area (TPSA) is 41.9 Å². The van der Waals surface area contributed by atoms with Gasteiger partial charge in [-0.2, -0.15) is 0 Å². The van der Waals surface area contributed by atoms with Gasteiger partial charge in [0.15, 0.2) is 5.79 Å². The van der Waals surface area contributed by atoms with Gasteiger partial charge in [0.25, 0.3) is 0 Å². The van der Waals surface area contributed by atoms with Crippen LogP contribution in [0.4, 0.5) is 0 Å². The largest absolute Gasteiger partial charge is 0.389 e. The van der Waals surface area contributed by atoms with Gasteiger partial charge in [0.2, 0.25) is 0 Å². The van der Waals surface area contributed by atoms with Gasteiger partial charge >= 0.3 is 0 Å². The monoisotopic (exact) mass is 271 g/mol. The van der Waals surface area contributed by atoms with Gasteiger partial charge in [-0.1, -0.05) is 13.8 Å². The molecule has 2 rings (SSSR count). The standard InChI is InChI=1S/C15H29NO3/c1-4-14(17,5-2)12-16(3)13-6-8-15(9-7-13)18-10-11-19-15/h13,17H,4-12H2,1-3H3. The smallest absolute Gasteiger partial charge is 0.168 e. The van der Waals surface area contributed by atoms with Crippen LogP contribution < -0.4 is 0 Å². The third-order valence-corrected chi connectivity index (χ3v) is 5.01. The number of rotatable bonds is 5. The summed E-state index contributed by atoms with van der Waals surface area (Å²) in [6.45, 7) is 6.37. The van der Waals surface area contributed by atoms with Gasteiger partial charge in [-0.3, -0.25) is 0 Å². The lowest BCUT2D eigenvalue weighted by atomic mass is 9.88. The first kappa shape index (κ1) is 15.2.